The Bertz CT molecular complexity index is 607. The van der Waals surface area contributed by atoms with Gasteiger partial charge in [-0.2, -0.15) is 5.10 Å². The summed E-state index contributed by atoms with van der Waals surface area (Å²) in [5, 5.41) is 8.49. The zero-order chi connectivity index (χ0) is 14.7. The van der Waals surface area contributed by atoms with Crippen molar-refractivity contribution in [2.24, 2.45) is 0 Å². The highest BCUT2D eigenvalue weighted by Gasteiger charge is 2.21. The molecule has 5 heteroatoms. The first kappa shape index (κ1) is 14.4. The predicted molar refractivity (Wildman–Crippen MR) is 83.5 cm³/mol. The standard InChI is InChI=1S/C16H20ClN3O/c1-2-20-10-12(8-19-20)11-21-16-5-3-4-15(17)14(16)9-18-13-6-7-13/h3-5,8,10,13,18H,2,6-7,9,11H2,1H3. The van der Waals surface area contributed by atoms with Crippen LogP contribution in [0.3, 0.4) is 0 Å². The van der Waals surface area contributed by atoms with E-state index < -0.39 is 0 Å². The van der Waals surface area contributed by atoms with Gasteiger partial charge in [0, 0.05) is 41.5 Å². The molecular weight excluding hydrogens is 286 g/mol. The van der Waals surface area contributed by atoms with Crippen molar-refractivity contribution in [3.05, 3.63) is 46.7 Å². The second kappa shape index (κ2) is 6.50. The summed E-state index contributed by atoms with van der Waals surface area (Å²) in [7, 11) is 0. The first-order valence-corrected chi connectivity index (χ1v) is 7.79. The fourth-order valence-corrected chi connectivity index (χ4v) is 2.43. The fraction of sp³-hybridized carbons (Fsp3) is 0.438. The third-order valence-corrected chi connectivity index (χ3v) is 3.98. The molecule has 0 spiro atoms. The number of nitrogens with zero attached hydrogens (tertiary/aromatic N) is 2. The lowest BCUT2D eigenvalue weighted by Gasteiger charge is -2.13. The van der Waals surface area contributed by atoms with Crippen LogP contribution < -0.4 is 10.1 Å². The number of aryl methyl sites for hydroxylation is 1. The Kier molecular flexibility index (Phi) is 4.46. The van der Waals surface area contributed by atoms with Crippen molar-refractivity contribution >= 4 is 11.6 Å². The highest BCUT2D eigenvalue weighted by molar-refractivity contribution is 6.31. The van der Waals surface area contributed by atoms with Crippen LogP contribution >= 0.6 is 11.6 Å². The van der Waals surface area contributed by atoms with Crippen molar-refractivity contribution in [2.45, 2.75) is 45.5 Å². The summed E-state index contributed by atoms with van der Waals surface area (Å²) in [4.78, 5) is 0. The molecule has 1 fully saturated rings. The van der Waals surface area contributed by atoms with Gasteiger partial charge in [0.05, 0.1) is 6.20 Å². The molecule has 1 N–H and O–H groups in total. The molecule has 112 valence electrons. The topological polar surface area (TPSA) is 39.1 Å². The van der Waals surface area contributed by atoms with E-state index in [1.165, 1.54) is 12.8 Å². The highest BCUT2D eigenvalue weighted by atomic mass is 35.5. The quantitative estimate of drug-likeness (QED) is 0.852. The molecule has 21 heavy (non-hydrogen) atoms. The second-order valence-electron chi connectivity index (χ2n) is 5.36. The summed E-state index contributed by atoms with van der Waals surface area (Å²) >= 11 is 6.31. The number of halogens is 1. The van der Waals surface area contributed by atoms with E-state index in [2.05, 4.69) is 17.3 Å². The van der Waals surface area contributed by atoms with Gasteiger partial charge in [-0.05, 0) is 31.9 Å². The van der Waals surface area contributed by atoms with E-state index >= 15 is 0 Å². The summed E-state index contributed by atoms with van der Waals surface area (Å²) in [6.45, 7) is 4.20. The van der Waals surface area contributed by atoms with E-state index in [-0.39, 0.29) is 0 Å². The third-order valence-electron chi connectivity index (χ3n) is 3.63. The summed E-state index contributed by atoms with van der Waals surface area (Å²) in [5.41, 5.74) is 2.10. The van der Waals surface area contributed by atoms with Gasteiger partial charge in [0.15, 0.2) is 0 Å². The van der Waals surface area contributed by atoms with E-state index in [9.17, 15) is 0 Å². The van der Waals surface area contributed by atoms with Crippen LogP contribution in [0.15, 0.2) is 30.6 Å². The Balaban J connectivity index is 1.66. The molecule has 2 aromatic rings. The Morgan fingerprint density at radius 2 is 2.29 bits per heavy atom. The van der Waals surface area contributed by atoms with E-state index in [4.69, 9.17) is 16.3 Å². The maximum atomic E-state index is 6.31. The van der Waals surface area contributed by atoms with E-state index in [0.29, 0.717) is 12.6 Å². The SMILES string of the molecule is CCn1cc(COc2cccc(Cl)c2CNC2CC2)cn1. The molecular formula is C16H20ClN3O. The van der Waals surface area contributed by atoms with E-state index in [0.717, 1.165) is 35.0 Å². The molecule has 1 aromatic heterocycles. The predicted octanol–water partition coefficient (Wildman–Crippen LogP) is 3.39. The van der Waals surface area contributed by atoms with Crippen molar-refractivity contribution in [2.75, 3.05) is 0 Å². The van der Waals surface area contributed by atoms with Gasteiger partial charge in [0.25, 0.3) is 0 Å². The van der Waals surface area contributed by atoms with Crippen molar-refractivity contribution in [1.82, 2.24) is 15.1 Å². The number of hydrogen-bond donors (Lipinski definition) is 1. The third kappa shape index (κ3) is 3.77. The molecule has 0 amide bonds. The molecule has 0 atom stereocenters. The van der Waals surface area contributed by atoms with Crippen LogP contribution in [0.5, 0.6) is 5.75 Å². The van der Waals surface area contributed by atoms with Gasteiger partial charge in [0.1, 0.15) is 12.4 Å². The summed E-state index contributed by atoms with van der Waals surface area (Å²) in [6.07, 6.45) is 6.37. The minimum Gasteiger partial charge on any atom is -0.488 e. The number of hydrogen-bond acceptors (Lipinski definition) is 3. The lowest BCUT2D eigenvalue weighted by atomic mass is 10.2. The van der Waals surface area contributed by atoms with Crippen molar-refractivity contribution < 1.29 is 4.74 Å². The zero-order valence-corrected chi connectivity index (χ0v) is 12.9. The van der Waals surface area contributed by atoms with Crippen LogP contribution in [0.1, 0.15) is 30.9 Å². The molecule has 0 bridgehead atoms. The normalized spacial score (nSPS) is 14.4. The van der Waals surface area contributed by atoms with Crippen molar-refractivity contribution in [1.29, 1.82) is 0 Å². The van der Waals surface area contributed by atoms with Gasteiger partial charge >= 0.3 is 0 Å². The number of nitrogens with one attached hydrogen (secondary N) is 1. The molecule has 1 heterocycles. The lowest BCUT2D eigenvalue weighted by Crippen LogP contribution is -2.16. The molecule has 0 saturated heterocycles. The molecule has 1 saturated carbocycles. The molecule has 1 aliphatic rings. The van der Waals surface area contributed by atoms with E-state index in [1.54, 1.807) is 0 Å². The van der Waals surface area contributed by atoms with Crippen LogP contribution in [0.25, 0.3) is 0 Å². The smallest absolute Gasteiger partial charge is 0.125 e. The van der Waals surface area contributed by atoms with Gasteiger partial charge in [-0.15, -0.1) is 0 Å². The summed E-state index contributed by atoms with van der Waals surface area (Å²) in [5.74, 6) is 0.847. The highest BCUT2D eigenvalue weighted by Crippen LogP contribution is 2.28. The minimum atomic E-state index is 0.511. The number of aromatic nitrogens is 2. The van der Waals surface area contributed by atoms with Crippen molar-refractivity contribution in [3.8, 4) is 5.75 Å². The van der Waals surface area contributed by atoms with Gasteiger partial charge < -0.3 is 10.1 Å². The Hall–Kier alpha value is -1.52. The van der Waals surface area contributed by atoms with Crippen LogP contribution in [0.2, 0.25) is 5.02 Å². The molecule has 0 aliphatic heterocycles. The van der Waals surface area contributed by atoms with Crippen LogP contribution in [0, 0.1) is 0 Å². The summed E-state index contributed by atoms with van der Waals surface area (Å²) < 4.78 is 7.83. The molecule has 1 aromatic carbocycles. The first-order chi connectivity index (χ1) is 10.3. The average Bonchev–Trinajstić information content (AvgIpc) is 3.20. The molecule has 4 nitrogen and oxygen atoms in total. The monoisotopic (exact) mass is 305 g/mol. The average molecular weight is 306 g/mol. The maximum Gasteiger partial charge on any atom is 0.125 e. The first-order valence-electron chi connectivity index (χ1n) is 7.41. The second-order valence-corrected chi connectivity index (χ2v) is 5.77. The van der Waals surface area contributed by atoms with Gasteiger partial charge in [0.2, 0.25) is 0 Å². The van der Waals surface area contributed by atoms with Gasteiger partial charge in [-0.25, -0.2) is 0 Å². The van der Waals surface area contributed by atoms with Gasteiger partial charge in [-0.1, -0.05) is 17.7 Å². The van der Waals surface area contributed by atoms with Crippen LogP contribution in [0.4, 0.5) is 0 Å². The number of ether oxygens (including phenoxy) is 1. The fourth-order valence-electron chi connectivity index (χ4n) is 2.19. The molecule has 3 rings (SSSR count). The Morgan fingerprint density at radius 1 is 1.43 bits per heavy atom. The minimum absolute atomic E-state index is 0.511. The zero-order valence-electron chi connectivity index (χ0n) is 12.2. The van der Waals surface area contributed by atoms with Gasteiger partial charge in [-0.3, -0.25) is 4.68 Å². The largest absolute Gasteiger partial charge is 0.488 e. The Morgan fingerprint density at radius 3 is 3.00 bits per heavy atom. The lowest BCUT2D eigenvalue weighted by molar-refractivity contribution is 0.302. The maximum absolute atomic E-state index is 6.31. The van der Waals surface area contributed by atoms with Crippen LogP contribution in [-0.4, -0.2) is 15.8 Å². The van der Waals surface area contributed by atoms with E-state index in [1.807, 2.05) is 35.3 Å². The van der Waals surface area contributed by atoms with Crippen LogP contribution in [-0.2, 0) is 19.7 Å². The number of rotatable bonds is 7. The van der Waals surface area contributed by atoms with Crippen molar-refractivity contribution in [3.63, 3.8) is 0 Å². The molecule has 1 aliphatic carbocycles. The molecule has 0 radical (unpaired) electrons. The number of benzene rings is 1. The molecule has 0 unspecified atom stereocenters. The Labute approximate surface area is 130 Å². The summed E-state index contributed by atoms with van der Waals surface area (Å²) in [6, 6.07) is 6.46.